The summed E-state index contributed by atoms with van der Waals surface area (Å²) in [5.74, 6) is 0. The van der Waals surface area contributed by atoms with Gasteiger partial charge in [0, 0.05) is 38.8 Å². The van der Waals surface area contributed by atoms with Crippen molar-refractivity contribution in [2.45, 2.75) is 19.4 Å². The van der Waals surface area contributed by atoms with Gasteiger partial charge >= 0.3 is 0 Å². The van der Waals surface area contributed by atoms with Crippen LogP contribution in [-0.2, 0) is 16.4 Å². The number of nitrogens with zero attached hydrogens (tertiary/aromatic N) is 2. The molecular weight excluding hydrogens is 286 g/mol. The molecule has 2 N–H and O–H groups in total. The fourth-order valence-corrected chi connectivity index (χ4v) is 3.45. The monoisotopic (exact) mass is 311 g/mol. The summed E-state index contributed by atoms with van der Waals surface area (Å²) >= 11 is 0. The van der Waals surface area contributed by atoms with Gasteiger partial charge in [0.1, 0.15) is 0 Å². The lowest BCUT2D eigenvalue weighted by atomic mass is 10.0. The summed E-state index contributed by atoms with van der Waals surface area (Å²) in [7, 11) is -3.06. The van der Waals surface area contributed by atoms with Gasteiger partial charge in [0.25, 0.3) is 0 Å². The summed E-state index contributed by atoms with van der Waals surface area (Å²) in [6, 6.07) is 8.40. The van der Waals surface area contributed by atoms with Gasteiger partial charge in [-0.3, -0.25) is 4.90 Å². The van der Waals surface area contributed by atoms with Gasteiger partial charge in [-0.1, -0.05) is 31.2 Å². The first-order valence-corrected chi connectivity index (χ1v) is 9.27. The standard InChI is InChI=1S/C15H25N3O2S/c1-3-13-4-6-14(7-5-13)15(16)12-17-8-10-18(11-9-17)21(2,19)20/h4-7,15H,3,8-12,16H2,1-2H3. The predicted octanol–water partition coefficient (Wildman–Crippen LogP) is 0.826. The Kier molecular flexibility index (Phi) is 5.37. The normalized spacial score (nSPS) is 19.6. The molecule has 1 heterocycles. The molecule has 0 amide bonds. The van der Waals surface area contributed by atoms with Gasteiger partial charge in [0.2, 0.25) is 10.0 Å². The van der Waals surface area contributed by atoms with Crippen LogP contribution in [0.1, 0.15) is 24.1 Å². The Bertz CT molecular complexity index is 549. The lowest BCUT2D eigenvalue weighted by Gasteiger charge is -2.34. The van der Waals surface area contributed by atoms with Crippen molar-refractivity contribution in [3.63, 3.8) is 0 Å². The van der Waals surface area contributed by atoms with Crippen molar-refractivity contribution in [1.29, 1.82) is 0 Å². The predicted molar refractivity (Wildman–Crippen MR) is 85.6 cm³/mol. The fraction of sp³-hybridized carbons (Fsp3) is 0.600. The van der Waals surface area contributed by atoms with E-state index < -0.39 is 10.0 Å². The third-order valence-electron chi connectivity index (χ3n) is 4.07. The van der Waals surface area contributed by atoms with E-state index in [2.05, 4.69) is 36.1 Å². The molecule has 6 heteroatoms. The largest absolute Gasteiger partial charge is 0.323 e. The highest BCUT2D eigenvalue weighted by Gasteiger charge is 2.24. The summed E-state index contributed by atoms with van der Waals surface area (Å²) in [5.41, 5.74) is 8.71. The summed E-state index contributed by atoms with van der Waals surface area (Å²) in [6.07, 6.45) is 2.30. The number of sulfonamides is 1. The minimum atomic E-state index is -3.06. The molecule has 1 saturated heterocycles. The van der Waals surface area contributed by atoms with Crippen molar-refractivity contribution in [3.05, 3.63) is 35.4 Å². The van der Waals surface area contributed by atoms with Crippen LogP contribution in [0, 0.1) is 0 Å². The minimum Gasteiger partial charge on any atom is -0.323 e. The van der Waals surface area contributed by atoms with Crippen molar-refractivity contribution < 1.29 is 8.42 Å². The van der Waals surface area contributed by atoms with Gasteiger partial charge in [-0.05, 0) is 17.5 Å². The molecule has 1 atom stereocenters. The second-order valence-corrected chi connectivity index (χ2v) is 7.65. The van der Waals surface area contributed by atoms with Crippen LogP contribution in [0.2, 0.25) is 0 Å². The molecule has 2 rings (SSSR count). The SMILES string of the molecule is CCc1ccc(C(N)CN2CCN(S(C)(=O)=O)CC2)cc1. The lowest BCUT2D eigenvalue weighted by Crippen LogP contribution is -2.49. The first-order chi connectivity index (χ1) is 9.90. The molecule has 0 aliphatic carbocycles. The Morgan fingerprint density at radius 2 is 1.71 bits per heavy atom. The van der Waals surface area contributed by atoms with E-state index in [9.17, 15) is 8.42 Å². The maximum absolute atomic E-state index is 11.5. The molecule has 21 heavy (non-hydrogen) atoms. The van der Waals surface area contributed by atoms with E-state index in [1.165, 1.54) is 16.1 Å². The van der Waals surface area contributed by atoms with Crippen LogP contribution in [0.25, 0.3) is 0 Å². The molecule has 1 aromatic carbocycles. The third-order valence-corrected chi connectivity index (χ3v) is 5.37. The zero-order chi connectivity index (χ0) is 15.5. The third kappa shape index (κ3) is 4.51. The summed E-state index contributed by atoms with van der Waals surface area (Å²) < 4.78 is 24.5. The van der Waals surface area contributed by atoms with Gasteiger partial charge in [-0.2, -0.15) is 4.31 Å². The average molecular weight is 311 g/mol. The Balaban J connectivity index is 1.87. The van der Waals surface area contributed by atoms with Gasteiger partial charge < -0.3 is 5.73 Å². The molecule has 5 nitrogen and oxygen atoms in total. The Morgan fingerprint density at radius 1 is 1.14 bits per heavy atom. The molecule has 1 fully saturated rings. The summed E-state index contributed by atoms with van der Waals surface area (Å²) in [6.45, 7) is 5.50. The first kappa shape index (κ1) is 16.4. The van der Waals surface area contributed by atoms with Crippen LogP contribution in [0.4, 0.5) is 0 Å². The number of hydrogen-bond acceptors (Lipinski definition) is 4. The molecule has 118 valence electrons. The number of rotatable bonds is 5. The van der Waals surface area contributed by atoms with Crippen molar-refractivity contribution in [2.75, 3.05) is 39.0 Å². The van der Waals surface area contributed by atoms with E-state index in [0.29, 0.717) is 13.1 Å². The van der Waals surface area contributed by atoms with Gasteiger partial charge in [-0.25, -0.2) is 8.42 Å². The summed E-state index contributed by atoms with van der Waals surface area (Å²) in [4.78, 5) is 2.24. The van der Waals surface area contributed by atoms with E-state index in [1.807, 2.05) is 0 Å². The molecule has 0 spiro atoms. The van der Waals surface area contributed by atoms with Crippen molar-refractivity contribution >= 4 is 10.0 Å². The van der Waals surface area contributed by atoms with Gasteiger partial charge in [0.05, 0.1) is 6.26 Å². The quantitative estimate of drug-likeness (QED) is 0.874. The molecule has 0 saturated carbocycles. The van der Waals surface area contributed by atoms with Crippen LogP contribution in [-0.4, -0.2) is 56.6 Å². The van der Waals surface area contributed by atoms with E-state index in [0.717, 1.165) is 31.6 Å². The first-order valence-electron chi connectivity index (χ1n) is 7.42. The highest BCUT2D eigenvalue weighted by molar-refractivity contribution is 7.88. The second kappa shape index (κ2) is 6.87. The van der Waals surface area contributed by atoms with Crippen LogP contribution in [0.15, 0.2) is 24.3 Å². The van der Waals surface area contributed by atoms with Crippen molar-refractivity contribution in [3.8, 4) is 0 Å². The molecule has 0 radical (unpaired) electrons. The molecule has 1 aliphatic rings. The van der Waals surface area contributed by atoms with E-state index in [-0.39, 0.29) is 6.04 Å². The van der Waals surface area contributed by atoms with E-state index >= 15 is 0 Å². The van der Waals surface area contributed by atoms with E-state index in [1.54, 1.807) is 0 Å². The minimum absolute atomic E-state index is 0.0271. The number of nitrogens with two attached hydrogens (primary N) is 1. The number of hydrogen-bond donors (Lipinski definition) is 1. The van der Waals surface area contributed by atoms with Crippen molar-refractivity contribution in [1.82, 2.24) is 9.21 Å². The Morgan fingerprint density at radius 3 is 2.19 bits per heavy atom. The van der Waals surface area contributed by atoms with Crippen LogP contribution < -0.4 is 5.73 Å². The maximum Gasteiger partial charge on any atom is 0.211 e. The van der Waals surface area contributed by atoms with Crippen LogP contribution in [0.3, 0.4) is 0 Å². The molecule has 1 aliphatic heterocycles. The van der Waals surface area contributed by atoms with Gasteiger partial charge in [0.15, 0.2) is 0 Å². The zero-order valence-corrected chi connectivity index (χ0v) is 13.6. The average Bonchev–Trinajstić information content (AvgIpc) is 2.47. The van der Waals surface area contributed by atoms with Crippen LogP contribution in [0.5, 0.6) is 0 Å². The molecule has 0 aromatic heterocycles. The second-order valence-electron chi connectivity index (χ2n) is 5.66. The lowest BCUT2D eigenvalue weighted by molar-refractivity contribution is 0.180. The molecule has 0 bridgehead atoms. The zero-order valence-electron chi connectivity index (χ0n) is 12.8. The molecule has 1 unspecified atom stereocenters. The number of piperazine rings is 1. The Hall–Kier alpha value is -0.950. The maximum atomic E-state index is 11.5. The van der Waals surface area contributed by atoms with E-state index in [4.69, 9.17) is 5.73 Å². The smallest absolute Gasteiger partial charge is 0.211 e. The molecular formula is C15H25N3O2S. The topological polar surface area (TPSA) is 66.6 Å². The Labute approximate surface area is 127 Å². The number of aryl methyl sites for hydroxylation is 1. The van der Waals surface area contributed by atoms with Crippen molar-refractivity contribution in [2.24, 2.45) is 5.73 Å². The highest BCUT2D eigenvalue weighted by Crippen LogP contribution is 2.15. The fourth-order valence-electron chi connectivity index (χ4n) is 2.63. The number of benzene rings is 1. The van der Waals surface area contributed by atoms with Gasteiger partial charge in [-0.15, -0.1) is 0 Å². The molecule has 1 aromatic rings. The van der Waals surface area contributed by atoms with Crippen LogP contribution >= 0.6 is 0 Å². The summed E-state index contributed by atoms with van der Waals surface area (Å²) in [5, 5.41) is 0. The highest BCUT2D eigenvalue weighted by atomic mass is 32.2.